The van der Waals surface area contributed by atoms with Crippen LogP contribution in [-0.4, -0.2) is 35.3 Å². The first-order valence-electron chi connectivity index (χ1n) is 5.49. The highest BCUT2D eigenvalue weighted by Gasteiger charge is 2.38. The van der Waals surface area contributed by atoms with Crippen molar-refractivity contribution in [3.05, 3.63) is 18.0 Å². The van der Waals surface area contributed by atoms with Crippen molar-refractivity contribution >= 4 is 5.95 Å². The summed E-state index contributed by atoms with van der Waals surface area (Å²) in [5, 5.41) is 0. The van der Waals surface area contributed by atoms with Crippen molar-refractivity contribution in [2.75, 3.05) is 18.1 Å². The Morgan fingerprint density at radius 2 is 1.80 bits per heavy atom. The fourth-order valence-corrected chi connectivity index (χ4v) is 2.47. The van der Waals surface area contributed by atoms with E-state index in [1.807, 2.05) is 19.3 Å². The normalized spacial score (nSPS) is 29.5. The Kier molecular flexibility index (Phi) is 2.09. The van der Waals surface area contributed by atoms with E-state index < -0.39 is 0 Å². The maximum Gasteiger partial charge on any atom is 0.225 e. The zero-order valence-electron chi connectivity index (χ0n) is 8.89. The molecule has 2 saturated heterocycles. The van der Waals surface area contributed by atoms with Crippen molar-refractivity contribution in [1.82, 2.24) is 9.97 Å². The van der Waals surface area contributed by atoms with Gasteiger partial charge in [0.1, 0.15) is 0 Å². The minimum absolute atomic E-state index is 0.492. The van der Waals surface area contributed by atoms with Gasteiger partial charge in [-0.3, -0.25) is 0 Å². The van der Waals surface area contributed by atoms with Gasteiger partial charge in [-0.15, -0.1) is 0 Å². The molecular weight excluding hydrogens is 190 g/mol. The fourth-order valence-electron chi connectivity index (χ4n) is 2.47. The zero-order chi connectivity index (χ0) is 10.3. The van der Waals surface area contributed by atoms with E-state index in [1.54, 1.807) is 0 Å². The van der Waals surface area contributed by atoms with Gasteiger partial charge < -0.3 is 9.64 Å². The SMILES string of the molecule is Cc1cnc(N2C3CCC2COC3)nc1. The first kappa shape index (κ1) is 9.09. The van der Waals surface area contributed by atoms with Crippen LogP contribution in [0.15, 0.2) is 12.4 Å². The second-order valence-corrected chi connectivity index (χ2v) is 4.39. The van der Waals surface area contributed by atoms with E-state index in [0.29, 0.717) is 12.1 Å². The molecule has 2 aliphatic heterocycles. The largest absolute Gasteiger partial charge is 0.377 e. The first-order chi connectivity index (χ1) is 7.34. The molecule has 3 heterocycles. The Bertz CT molecular complexity index is 335. The minimum atomic E-state index is 0.492. The molecule has 3 rings (SSSR count). The van der Waals surface area contributed by atoms with Crippen molar-refractivity contribution in [2.45, 2.75) is 31.8 Å². The van der Waals surface area contributed by atoms with Gasteiger partial charge in [-0.05, 0) is 25.3 Å². The third-order valence-electron chi connectivity index (χ3n) is 3.24. The second kappa shape index (κ2) is 3.45. The van der Waals surface area contributed by atoms with Gasteiger partial charge in [-0.1, -0.05) is 0 Å². The van der Waals surface area contributed by atoms with Crippen LogP contribution < -0.4 is 4.90 Å². The van der Waals surface area contributed by atoms with Crippen LogP contribution >= 0.6 is 0 Å². The Labute approximate surface area is 89.3 Å². The van der Waals surface area contributed by atoms with E-state index in [-0.39, 0.29) is 0 Å². The van der Waals surface area contributed by atoms with E-state index in [9.17, 15) is 0 Å². The highest BCUT2D eigenvalue weighted by molar-refractivity contribution is 5.36. The summed E-state index contributed by atoms with van der Waals surface area (Å²) >= 11 is 0. The van der Waals surface area contributed by atoms with Crippen molar-refractivity contribution in [3.8, 4) is 0 Å². The fraction of sp³-hybridized carbons (Fsp3) is 0.636. The summed E-state index contributed by atoms with van der Waals surface area (Å²) in [6.07, 6.45) is 6.19. The van der Waals surface area contributed by atoms with Crippen LogP contribution in [-0.2, 0) is 4.74 Å². The highest BCUT2D eigenvalue weighted by atomic mass is 16.5. The monoisotopic (exact) mass is 205 g/mol. The van der Waals surface area contributed by atoms with Crippen molar-refractivity contribution < 1.29 is 4.74 Å². The molecule has 2 aliphatic rings. The van der Waals surface area contributed by atoms with Gasteiger partial charge in [0.05, 0.1) is 25.3 Å². The minimum Gasteiger partial charge on any atom is -0.377 e. The molecule has 2 atom stereocenters. The summed E-state index contributed by atoms with van der Waals surface area (Å²) in [5.41, 5.74) is 1.11. The summed E-state index contributed by atoms with van der Waals surface area (Å²) in [5.74, 6) is 0.872. The standard InChI is InChI=1S/C11H15N3O/c1-8-4-12-11(13-5-8)14-9-2-3-10(14)7-15-6-9/h4-5,9-10H,2-3,6-7H2,1H3. The molecule has 0 amide bonds. The van der Waals surface area contributed by atoms with Crippen molar-refractivity contribution in [2.24, 2.45) is 0 Å². The smallest absolute Gasteiger partial charge is 0.225 e. The lowest BCUT2D eigenvalue weighted by molar-refractivity contribution is 0.0897. The van der Waals surface area contributed by atoms with E-state index in [0.717, 1.165) is 24.7 Å². The van der Waals surface area contributed by atoms with Crippen molar-refractivity contribution in [1.29, 1.82) is 0 Å². The summed E-state index contributed by atoms with van der Waals surface area (Å²) in [7, 11) is 0. The average Bonchev–Trinajstić information content (AvgIpc) is 2.51. The number of hydrogen-bond donors (Lipinski definition) is 0. The molecule has 0 radical (unpaired) electrons. The molecule has 0 aliphatic carbocycles. The number of fused-ring (bicyclic) bond motifs is 2. The van der Waals surface area contributed by atoms with Gasteiger partial charge in [0.2, 0.25) is 5.95 Å². The molecule has 4 heteroatoms. The third-order valence-corrected chi connectivity index (χ3v) is 3.24. The van der Waals surface area contributed by atoms with Crippen LogP contribution in [0, 0.1) is 6.92 Å². The number of morpholine rings is 1. The van der Waals surface area contributed by atoms with Crippen LogP contribution in [0.1, 0.15) is 18.4 Å². The second-order valence-electron chi connectivity index (χ2n) is 4.39. The van der Waals surface area contributed by atoms with Gasteiger partial charge in [0.25, 0.3) is 0 Å². The molecule has 15 heavy (non-hydrogen) atoms. The number of hydrogen-bond acceptors (Lipinski definition) is 4. The predicted octanol–water partition coefficient (Wildman–Crippen LogP) is 1.15. The molecule has 2 unspecified atom stereocenters. The molecule has 0 saturated carbocycles. The lowest BCUT2D eigenvalue weighted by Crippen LogP contribution is -2.46. The Morgan fingerprint density at radius 3 is 2.40 bits per heavy atom. The molecule has 80 valence electrons. The molecule has 0 aromatic carbocycles. The lowest BCUT2D eigenvalue weighted by Gasteiger charge is -2.34. The molecular formula is C11H15N3O. The van der Waals surface area contributed by atoms with Crippen LogP contribution in [0.3, 0.4) is 0 Å². The maximum absolute atomic E-state index is 5.53. The molecule has 0 N–H and O–H groups in total. The van der Waals surface area contributed by atoms with Gasteiger partial charge in [0, 0.05) is 12.4 Å². The topological polar surface area (TPSA) is 38.2 Å². The van der Waals surface area contributed by atoms with Gasteiger partial charge in [0.15, 0.2) is 0 Å². The van der Waals surface area contributed by atoms with E-state index in [4.69, 9.17) is 4.74 Å². The van der Waals surface area contributed by atoms with Crippen LogP contribution in [0.25, 0.3) is 0 Å². The summed E-state index contributed by atoms with van der Waals surface area (Å²) in [6.45, 7) is 3.67. The number of rotatable bonds is 1. The number of aromatic nitrogens is 2. The molecule has 2 fully saturated rings. The number of nitrogens with zero attached hydrogens (tertiary/aromatic N) is 3. The molecule has 1 aromatic heterocycles. The Balaban J connectivity index is 1.90. The molecule has 2 bridgehead atoms. The summed E-state index contributed by atoms with van der Waals surface area (Å²) in [6, 6.07) is 0.984. The van der Waals surface area contributed by atoms with E-state index in [2.05, 4.69) is 14.9 Å². The van der Waals surface area contributed by atoms with Gasteiger partial charge in [-0.25, -0.2) is 9.97 Å². The quantitative estimate of drug-likeness (QED) is 0.689. The van der Waals surface area contributed by atoms with Crippen molar-refractivity contribution in [3.63, 3.8) is 0 Å². The lowest BCUT2D eigenvalue weighted by atomic mass is 10.2. The zero-order valence-corrected chi connectivity index (χ0v) is 8.89. The van der Waals surface area contributed by atoms with E-state index >= 15 is 0 Å². The third kappa shape index (κ3) is 1.49. The molecule has 1 aromatic rings. The molecule has 4 nitrogen and oxygen atoms in total. The summed E-state index contributed by atoms with van der Waals surface area (Å²) < 4.78 is 5.53. The highest BCUT2D eigenvalue weighted by Crippen LogP contribution is 2.31. The van der Waals surface area contributed by atoms with Crippen LogP contribution in [0.4, 0.5) is 5.95 Å². The predicted molar refractivity (Wildman–Crippen MR) is 56.9 cm³/mol. The van der Waals surface area contributed by atoms with E-state index in [1.165, 1.54) is 12.8 Å². The number of ether oxygens (including phenoxy) is 1. The Hall–Kier alpha value is -1.16. The number of aryl methyl sites for hydroxylation is 1. The maximum atomic E-state index is 5.53. The van der Waals surface area contributed by atoms with Gasteiger partial charge >= 0.3 is 0 Å². The Morgan fingerprint density at radius 1 is 1.20 bits per heavy atom. The first-order valence-corrected chi connectivity index (χ1v) is 5.49. The molecule has 0 spiro atoms. The summed E-state index contributed by atoms with van der Waals surface area (Å²) in [4.78, 5) is 11.1. The van der Waals surface area contributed by atoms with Crippen LogP contribution in [0.2, 0.25) is 0 Å². The average molecular weight is 205 g/mol. The van der Waals surface area contributed by atoms with Crippen LogP contribution in [0.5, 0.6) is 0 Å². The van der Waals surface area contributed by atoms with Gasteiger partial charge in [-0.2, -0.15) is 0 Å². The number of anilines is 1.